The zero-order valence-electron chi connectivity index (χ0n) is 14.2. The summed E-state index contributed by atoms with van der Waals surface area (Å²) in [4.78, 5) is 23.2. The molecule has 0 aromatic rings. The topological polar surface area (TPSA) is 55.4 Å². The second-order valence-electron chi connectivity index (χ2n) is 6.36. The van der Waals surface area contributed by atoms with Crippen molar-refractivity contribution in [1.29, 1.82) is 0 Å². The van der Waals surface area contributed by atoms with Crippen molar-refractivity contribution in [2.45, 2.75) is 72.3 Å². The number of ether oxygens (including phenoxy) is 1. The Balaban J connectivity index is 3.39. The summed E-state index contributed by atoms with van der Waals surface area (Å²) in [5, 5.41) is 3.32. The van der Waals surface area contributed by atoms with E-state index in [1.54, 1.807) is 0 Å². The van der Waals surface area contributed by atoms with Crippen LogP contribution in [0.5, 0.6) is 0 Å². The average molecular weight is 299 g/mol. The van der Waals surface area contributed by atoms with Gasteiger partial charge in [-0.15, -0.1) is 0 Å². The van der Waals surface area contributed by atoms with Gasteiger partial charge in [0, 0.05) is 32.1 Å². The number of hydrogen-bond donors (Lipinski definition) is 1. The summed E-state index contributed by atoms with van der Waals surface area (Å²) in [6, 6.07) is 0.510. The van der Waals surface area contributed by atoms with Crippen molar-refractivity contribution in [3.05, 3.63) is 0 Å². The van der Waals surface area contributed by atoms with Crippen molar-refractivity contribution in [3.63, 3.8) is 0 Å². The minimum Gasteiger partial charge on any atom is -0.381 e. The van der Waals surface area contributed by atoms with E-state index in [0.29, 0.717) is 37.8 Å². The fraction of sp³-hybridized carbons (Fsp3) is 0.882. The van der Waals surface area contributed by atoms with Crippen molar-refractivity contribution in [3.8, 4) is 0 Å². The molecule has 1 N–H and O–H groups in total. The van der Waals surface area contributed by atoms with Crippen LogP contribution in [0.15, 0.2) is 0 Å². The maximum Gasteiger partial charge on any atom is 0.140 e. The van der Waals surface area contributed by atoms with Crippen LogP contribution in [-0.2, 0) is 14.3 Å². The molecule has 21 heavy (non-hydrogen) atoms. The molecule has 4 heteroatoms. The first-order valence-corrected chi connectivity index (χ1v) is 8.26. The van der Waals surface area contributed by atoms with Gasteiger partial charge in [-0.25, -0.2) is 0 Å². The Labute approximate surface area is 130 Å². The molecular weight excluding hydrogens is 266 g/mol. The monoisotopic (exact) mass is 299 g/mol. The highest BCUT2D eigenvalue weighted by molar-refractivity contribution is 5.98. The molecule has 0 saturated heterocycles. The predicted molar refractivity (Wildman–Crippen MR) is 86.5 cm³/mol. The van der Waals surface area contributed by atoms with Gasteiger partial charge in [0.05, 0.1) is 6.42 Å². The van der Waals surface area contributed by atoms with E-state index >= 15 is 0 Å². The fourth-order valence-corrected chi connectivity index (χ4v) is 1.88. The van der Waals surface area contributed by atoms with Crippen molar-refractivity contribution in [1.82, 2.24) is 5.32 Å². The molecule has 0 aliphatic heterocycles. The van der Waals surface area contributed by atoms with Crippen LogP contribution in [0.1, 0.15) is 66.2 Å². The summed E-state index contributed by atoms with van der Waals surface area (Å²) in [6.07, 6.45) is 3.67. The second kappa shape index (κ2) is 13.0. The largest absolute Gasteiger partial charge is 0.381 e. The maximum atomic E-state index is 11.6. The van der Waals surface area contributed by atoms with Gasteiger partial charge in [-0.05, 0) is 31.7 Å². The van der Waals surface area contributed by atoms with Gasteiger partial charge in [0.2, 0.25) is 0 Å². The molecule has 0 aromatic carbocycles. The van der Waals surface area contributed by atoms with Gasteiger partial charge < -0.3 is 10.1 Å². The van der Waals surface area contributed by atoms with Crippen LogP contribution >= 0.6 is 0 Å². The molecule has 0 aliphatic carbocycles. The Morgan fingerprint density at radius 2 is 1.57 bits per heavy atom. The Morgan fingerprint density at radius 1 is 0.952 bits per heavy atom. The number of hydrogen-bond acceptors (Lipinski definition) is 4. The number of nitrogens with one attached hydrogen (secondary N) is 1. The predicted octanol–water partition coefficient (Wildman–Crippen LogP) is 3.14. The van der Waals surface area contributed by atoms with Gasteiger partial charge in [-0.2, -0.15) is 0 Å². The molecule has 0 atom stereocenters. The van der Waals surface area contributed by atoms with E-state index in [2.05, 4.69) is 33.0 Å². The lowest BCUT2D eigenvalue weighted by atomic mass is 10.0. The average Bonchev–Trinajstić information content (AvgIpc) is 2.39. The molecule has 0 unspecified atom stereocenters. The molecule has 0 heterocycles. The normalized spacial score (nSPS) is 11.3. The molecule has 0 spiro atoms. The summed E-state index contributed by atoms with van der Waals surface area (Å²) in [5.74, 6) is 0.644. The van der Waals surface area contributed by atoms with Crippen LogP contribution in [0.4, 0.5) is 0 Å². The first-order chi connectivity index (χ1) is 9.91. The molecule has 0 saturated carbocycles. The van der Waals surface area contributed by atoms with Crippen LogP contribution in [0, 0.1) is 5.92 Å². The van der Waals surface area contributed by atoms with Crippen molar-refractivity contribution < 1.29 is 14.3 Å². The zero-order chi connectivity index (χ0) is 16.1. The Kier molecular flexibility index (Phi) is 12.5. The van der Waals surface area contributed by atoms with Crippen LogP contribution in [-0.4, -0.2) is 37.4 Å². The molecule has 4 nitrogen and oxygen atoms in total. The van der Waals surface area contributed by atoms with Crippen LogP contribution in [0.3, 0.4) is 0 Å². The van der Waals surface area contributed by atoms with Gasteiger partial charge in [-0.3, -0.25) is 9.59 Å². The number of carbonyl (C=O) groups is 2. The number of ketones is 2. The number of carbonyl (C=O) groups excluding carboxylic acids is 2. The minimum atomic E-state index is 0.0498. The molecule has 0 aliphatic rings. The third-order valence-electron chi connectivity index (χ3n) is 3.16. The summed E-state index contributed by atoms with van der Waals surface area (Å²) < 4.78 is 5.47. The van der Waals surface area contributed by atoms with Crippen LogP contribution < -0.4 is 5.32 Å². The van der Waals surface area contributed by atoms with E-state index < -0.39 is 0 Å². The molecule has 0 bridgehead atoms. The van der Waals surface area contributed by atoms with Crippen LogP contribution in [0.2, 0.25) is 0 Å². The summed E-state index contributed by atoms with van der Waals surface area (Å²) in [6.45, 7) is 10.7. The van der Waals surface area contributed by atoms with Gasteiger partial charge >= 0.3 is 0 Å². The van der Waals surface area contributed by atoms with E-state index in [0.717, 1.165) is 26.0 Å². The van der Waals surface area contributed by atoms with Crippen LogP contribution in [0.25, 0.3) is 0 Å². The standard InChI is InChI=1S/C17H33NO3/c1-14(2)8-9-17(20)13-16(19)7-5-11-21-12-6-10-18-15(3)4/h14-15,18H,5-13H2,1-4H3. The highest BCUT2D eigenvalue weighted by atomic mass is 16.5. The zero-order valence-corrected chi connectivity index (χ0v) is 14.2. The van der Waals surface area contributed by atoms with E-state index in [-0.39, 0.29) is 18.0 Å². The van der Waals surface area contributed by atoms with Crippen molar-refractivity contribution in [2.75, 3.05) is 19.8 Å². The SMILES string of the molecule is CC(C)CCC(=O)CC(=O)CCCOCCCNC(C)C. The molecule has 0 amide bonds. The minimum absolute atomic E-state index is 0.0498. The van der Waals surface area contributed by atoms with E-state index in [1.165, 1.54) is 0 Å². The van der Waals surface area contributed by atoms with Crippen molar-refractivity contribution in [2.24, 2.45) is 5.92 Å². The lowest BCUT2D eigenvalue weighted by Gasteiger charge is -2.08. The molecule has 0 rings (SSSR count). The third-order valence-corrected chi connectivity index (χ3v) is 3.16. The highest BCUT2D eigenvalue weighted by Crippen LogP contribution is 2.07. The Bertz CT molecular complexity index is 288. The molecule has 124 valence electrons. The second-order valence-corrected chi connectivity index (χ2v) is 6.36. The number of Topliss-reactive ketones (excluding diaryl/α,β-unsaturated/α-hetero) is 2. The van der Waals surface area contributed by atoms with Gasteiger partial charge in [0.25, 0.3) is 0 Å². The first-order valence-electron chi connectivity index (χ1n) is 8.26. The van der Waals surface area contributed by atoms with Gasteiger partial charge in [-0.1, -0.05) is 27.7 Å². The Hall–Kier alpha value is -0.740. The first kappa shape index (κ1) is 20.3. The quantitative estimate of drug-likeness (QED) is 0.395. The van der Waals surface area contributed by atoms with Gasteiger partial charge in [0.15, 0.2) is 0 Å². The Morgan fingerprint density at radius 3 is 2.19 bits per heavy atom. The van der Waals surface area contributed by atoms with Crippen molar-refractivity contribution >= 4 is 11.6 Å². The summed E-state index contributed by atoms with van der Waals surface area (Å²) in [5.41, 5.74) is 0. The summed E-state index contributed by atoms with van der Waals surface area (Å²) >= 11 is 0. The molecule has 0 radical (unpaired) electrons. The van der Waals surface area contributed by atoms with E-state index in [9.17, 15) is 9.59 Å². The number of rotatable bonds is 14. The molecule has 0 fully saturated rings. The van der Waals surface area contributed by atoms with E-state index in [1.807, 2.05) is 0 Å². The molecular formula is C17H33NO3. The fourth-order valence-electron chi connectivity index (χ4n) is 1.88. The summed E-state index contributed by atoms with van der Waals surface area (Å²) in [7, 11) is 0. The molecule has 0 aromatic heterocycles. The maximum absolute atomic E-state index is 11.6. The smallest absolute Gasteiger partial charge is 0.140 e. The third kappa shape index (κ3) is 15.5. The highest BCUT2D eigenvalue weighted by Gasteiger charge is 2.10. The lowest BCUT2D eigenvalue weighted by molar-refractivity contribution is -0.127. The lowest BCUT2D eigenvalue weighted by Crippen LogP contribution is -2.24. The van der Waals surface area contributed by atoms with E-state index in [4.69, 9.17) is 4.74 Å². The van der Waals surface area contributed by atoms with Gasteiger partial charge in [0.1, 0.15) is 11.6 Å².